The summed E-state index contributed by atoms with van der Waals surface area (Å²) in [6.07, 6.45) is 2.80. The first kappa shape index (κ1) is 21.3. The Morgan fingerprint density at radius 1 is 1.04 bits per heavy atom. The molecule has 0 N–H and O–H groups in total. The summed E-state index contributed by atoms with van der Waals surface area (Å²) in [5, 5.41) is 0. The van der Waals surface area contributed by atoms with E-state index in [0.717, 1.165) is 30.7 Å². The van der Waals surface area contributed by atoms with Crippen LogP contribution in [0, 0.1) is 13.8 Å². The first-order valence-corrected chi connectivity index (χ1v) is 9.09. The minimum Gasteiger partial charge on any atom is -0.469 e. The number of methoxy groups -OCH3 is 1. The number of ketones is 1. The normalized spacial score (nSPS) is 14.2. The van der Waals surface area contributed by atoms with E-state index in [1.165, 1.54) is 14.2 Å². The summed E-state index contributed by atoms with van der Waals surface area (Å²) in [6, 6.07) is 0.936. The third-order valence-corrected chi connectivity index (χ3v) is 4.92. The van der Waals surface area contributed by atoms with Crippen molar-refractivity contribution in [2.45, 2.75) is 46.1 Å². The molecule has 0 bridgehead atoms. The number of hydrogen-bond acceptors (Lipinski definition) is 6. The highest BCUT2D eigenvalue weighted by Gasteiger charge is 2.43. The molecule has 0 spiro atoms. The van der Waals surface area contributed by atoms with E-state index in [-0.39, 0.29) is 5.97 Å². The maximum atomic E-state index is 12.6. The molecular formula is C19H25N3O6. The molecule has 28 heavy (non-hydrogen) atoms. The lowest BCUT2D eigenvalue weighted by Gasteiger charge is -2.12. The highest BCUT2D eigenvalue weighted by atomic mass is 16.5. The molecule has 0 radical (unpaired) electrons. The van der Waals surface area contributed by atoms with E-state index < -0.39 is 30.2 Å². The maximum Gasteiger partial charge on any atom is 0.334 e. The predicted molar refractivity (Wildman–Crippen MR) is 98.6 cm³/mol. The number of urea groups is 1. The van der Waals surface area contributed by atoms with Crippen LogP contribution in [0.5, 0.6) is 0 Å². The molecule has 0 saturated carbocycles. The van der Waals surface area contributed by atoms with Crippen molar-refractivity contribution in [1.82, 2.24) is 14.4 Å². The molecule has 1 aromatic heterocycles. The van der Waals surface area contributed by atoms with Crippen molar-refractivity contribution in [3.8, 4) is 0 Å². The molecule has 1 aliphatic heterocycles. The van der Waals surface area contributed by atoms with Gasteiger partial charge in [0.1, 0.15) is 0 Å². The van der Waals surface area contributed by atoms with Crippen molar-refractivity contribution in [1.29, 1.82) is 0 Å². The second kappa shape index (κ2) is 8.81. The van der Waals surface area contributed by atoms with Crippen LogP contribution in [0.25, 0.3) is 0 Å². The summed E-state index contributed by atoms with van der Waals surface area (Å²) in [7, 11) is 2.57. The minimum absolute atomic E-state index is 0.226. The van der Waals surface area contributed by atoms with Gasteiger partial charge in [0.05, 0.1) is 13.7 Å². The average Bonchev–Trinajstić information content (AvgIpc) is 3.05. The van der Waals surface area contributed by atoms with Gasteiger partial charge in [-0.2, -0.15) is 0 Å². The van der Waals surface area contributed by atoms with Gasteiger partial charge in [-0.15, -0.1) is 0 Å². The van der Waals surface area contributed by atoms with Crippen molar-refractivity contribution in [2.24, 2.45) is 0 Å². The molecular weight excluding hydrogens is 366 g/mol. The van der Waals surface area contributed by atoms with Gasteiger partial charge in [0.15, 0.2) is 5.78 Å². The van der Waals surface area contributed by atoms with Crippen molar-refractivity contribution >= 4 is 29.6 Å². The summed E-state index contributed by atoms with van der Waals surface area (Å²) in [6.45, 7) is 3.91. The van der Waals surface area contributed by atoms with Crippen LogP contribution in [0.1, 0.15) is 47.4 Å². The number of esters is 1. The van der Waals surface area contributed by atoms with Gasteiger partial charge in [-0.05, 0) is 32.8 Å². The third kappa shape index (κ3) is 4.29. The van der Waals surface area contributed by atoms with Crippen LogP contribution in [0.4, 0.5) is 4.79 Å². The Balaban J connectivity index is 1.99. The molecule has 4 amide bonds. The zero-order chi connectivity index (χ0) is 21.0. The Labute approximate surface area is 163 Å². The smallest absolute Gasteiger partial charge is 0.334 e. The van der Waals surface area contributed by atoms with Crippen molar-refractivity contribution in [3.63, 3.8) is 0 Å². The number of imide groups is 2. The van der Waals surface area contributed by atoms with E-state index in [9.17, 15) is 24.0 Å². The van der Waals surface area contributed by atoms with Gasteiger partial charge in [0.25, 0.3) is 0 Å². The molecule has 1 aromatic rings. The molecule has 1 aliphatic rings. The average molecular weight is 391 g/mol. The molecule has 0 atom stereocenters. The number of aryl methyl sites for hydroxylation is 1. The zero-order valence-corrected chi connectivity index (χ0v) is 16.6. The van der Waals surface area contributed by atoms with Gasteiger partial charge < -0.3 is 9.30 Å². The van der Waals surface area contributed by atoms with E-state index >= 15 is 0 Å². The van der Waals surface area contributed by atoms with Crippen LogP contribution in [0.15, 0.2) is 6.07 Å². The summed E-state index contributed by atoms with van der Waals surface area (Å²) >= 11 is 0. The fraction of sp³-hybridized carbons (Fsp3) is 0.526. The van der Waals surface area contributed by atoms with Gasteiger partial charge in [0.2, 0.25) is 0 Å². The van der Waals surface area contributed by atoms with Crippen LogP contribution in [-0.4, -0.2) is 64.7 Å². The number of hydrogen-bond donors (Lipinski definition) is 0. The molecule has 1 fully saturated rings. The number of Topliss-reactive ketones (excluding diaryl/α,β-unsaturated/α-hetero) is 1. The Bertz CT molecular complexity index is 826. The van der Waals surface area contributed by atoms with Gasteiger partial charge in [-0.1, -0.05) is 6.42 Å². The van der Waals surface area contributed by atoms with E-state index in [2.05, 4.69) is 4.74 Å². The molecule has 9 nitrogen and oxygen atoms in total. The second-order valence-corrected chi connectivity index (χ2v) is 6.78. The second-order valence-electron chi connectivity index (χ2n) is 6.78. The number of carbonyl (C=O) groups is 5. The summed E-state index contributed by atoms with van der Waals surface area (Å²) in [4.78, 5) is 60.5. The summed E-state index contributed by atoms with van der Waals surface area (Å²) in [5.41, 5.74) is 2.06. The number of aromatic nitrogens is 1. The highest BCUT2D eigenvalue weighted by molar-refractivity contribution is 6.45. The summed E-state index contributed by atoms with van der Waals surface area (Å²) in [5.74, 6) is -2.54. The van der Waals surface area contributed by atoms with Crippen LogP contribution in [0.2, 0.25) is 0 Å². The monoisotopic (exact) mass is 391 g/mol. The van der Waals surface area contributed by atoms with E-state index in [1.54, 1.807) is 13.0 Å². The Morgan fingerprint density at radius 2 is 1.71 bits per heavy atom. The molecule has 9 heteroatoms. The largest absolute Gasteiger partial charge is 0.469 e. The van der Waals surface area contributed by atoms with Crippen molar-refractivity contribution < 1.29 is 28.7 Å². The topological polar surface area (TPSA) is 106 Å². The Hall–Kier alpha value is -2.97. The van der Waals surface area contributed by atoms with Gasteiger partial charge >= 0.3 is 23.8 Å². The minimum atomic E-state index is -0.986. The molecule has 152 valence electrons. The first-order valence-electron chi connectivity index (χ1n) is 9.09. The molecule has 0 aromatic carbocycles. The number of unbranched alkanes of at least 4 members (excludes halogenated alkanes) is 2. The summed E-state index contributed by atoms with van der Waals surface area (Å²) < 4.78 is 6.60. The molecule has 1 saturated heterocycles. The molecule has 0 aliphatic carbocycles. The van der Waals surface area contributed by atoms with Crippen molar-refractivity contribution in [2.75, 3.05) is 20.7 Å². The molecule has 0 unspecified atom stereocenters. The van der Waals surface area contributed by atoms with Crippen molar-refractivity contribution in [3.05, 3.63) is 23.0 Å². The van der Waals surface area contributed by atoms with E-state index in [1.807, 2.05) is 11.5 Å². The number of nitrogens with zero attached hydrogens (tertiary/aromatic N) is 3. The standard InChI is InChI=1S/C19H25N3O6/c1-12-10-14(13(2)21(12)9-7-5-6-8-16(24)28-4)15(23)11-22-18(26)17(25)20(3)19(22)27/h10H,5-9,11H2,1-4H3. The number of ether oxygens (including phenoxy) is 1. The fourth-order valence-electron chi connectivity index (χ4n) is 3.23. The van der Waals surface area contributed by atoms with Gasteiger partial charge in [-0.25, -0.2) is 9.69 Å². The lowest BCUT2D eigenvalue weighted by Crippen LogP contribution is -2.36. The van der Waals surface area contributed by atoms with E-state index in [0.29, 0.717) is 28.3 Å². The van der Waals surface area contributed by atoms with E-state index in [4.69, 9.17) is 0 Å². The number of amides is 4. The van der Waals surface area contributed by atoms with Gasteiger partial charge in [0, 0.05) is 37.0 Å². The number of carbonyl (C=O) groups excluding carboxylic acids is 5. The number of rotatable bonds is 9. The highest BCUT2D eigenvalue weighted by Crippen LogP contribution is 2.19. The fourth-order valence-corrected chi connectivity index (χ4v) is 3.23. The van der Waals surface area contributed by atoms with Crippen LogP contribution in [0.3, 0.4) is 0 Å². The predicted octanol–water partition coefficient (Wildman–Crippen LogP) is 1.44. The number of likely N-dealkylation sites (N-methyl/N-ethyl adjacent to an activating group) is 1. The lowest BCUT2D eigenvalue weighted by molar-refractivity contribution is -0.142. The molecule has 2 rings (SSSR count). The quantitative estimate of drug-likeness (QED) is 0.207. The third-order valence-electron chi connectivity index (χ3n) is 4.92. The Kier molecular flexibility index (Phi) is 6.71. The Morgan fingerprint density at radius 3 is 2.29 bits per heavy atom. The van der Waals surface area contributed by atoms with Crippen LogP contribution in [-0.2, 0) is 25.7 Å². The first-order chi connectivity index (χ1) is 13.2. The molecule has 2 heterocycles. The SMILES string of the molecule is COC(=O)CCCCCn1c(C)cc(C(=O)CN2C(=O)C(=O)N(C)C2=O)c1C. The van der Waals surface area contributed by atoms with Gasteiger partial charge in [-0.3, -0.25) is 24.1 Å². The zero-order valence-electron chi connectivity index (χ0n) is 16.6. The van der Waals surface area contributed by atoms with Crippen LogP contribution >= 0.6 is 0 Å². The maximum absolute atomic E-state index is 12.6. The van der Waals surface area contributed by atoms with Crippen LogP contribution < -0.4 is 0 Å². The lowest BCUT2D eigenvalue weighted by atomic mass is 10.1.